The van der Waals surface area contributed by atoms with E-state index in [1.807, 2.05) is 91.0 Å². The second kappa shape index (κ2) is 8.89. The molecule has 0 saturated heterocycles. The third-order valence-electron chi connectivity index (χ3n) is 4.41. The van der Waals surface area contributed by atoms with Crippen molar-refractivity contribution in [3.63, 3.8) is 0 Å². The van der Waals surface area contributed by atoms with Crippen LogP contribution in [-0.4, -0.2) is 5.97 Å². The van der Waals surface area contributed by atoms with Crippen molar-refractivity contribution in [3.05, 3.63) is 103 Å². The number of ether oxygens (including phenoxy) is 2. The van der Waals surface area contributed by atoms with Crippen LogP contribution >= 0.6 is 11.8 Å². The van der Waals surface area contributed by atoms with E-state index in [0.29, 0.717) is 17.1 Å². The van der Waals surface area contributed by atoms with E-state index in [0.717, 1.165) is 26.3 Å². The molecule has 0 radical (unpaired) electrons. The fraction of sp³-hybridized carbons (Fsp3) is 0.0385. The minimum atomic E-state index is -0.452. The van der Waals surface area contributed by atoms with Crippen LogP contribution in [0.4, 0.5) is 0 Å². The van der Waals surface area contributed by atoms with Gasteiger partial charge in [0, 0.05) is 21.2 Å². The van der Waals surface area contributed by atoms with Gasteiger partial charge in [-0.15, -0.1) is 0 Å². The third kappa shape index (κ3) is 4.39. The quantitative estimate of drug-likeness (QED) is 0.190. The molecule has 0 aromatic heterocycles. The van der Waals surface area contributed by atoms with Crippen LogP contribution in [0.2, 0.25) is 0 Å². The lowest BCUT2D eigenvalue weighted by Crippen LogP contribution is -2.09. The summed E-state index contributed by atoms with van der Waals surface area (Å²) in [6, 6.07) is 29.3. The molecule has 0 saturated carbocycles. The third-order valence-corrected chi connectivity index (χ3v) is 5.44. The van der Waals surface area contributed by atoms with Crippen LogP contribution in [0.1, 0.15) is 6.92 Å². The Morgan fingerprint density at radius 2 is 1.43 bits per heavy atom. The van der Waals surface area contributed by atoms with E-state index in [9.17, 15) is 4.79 Å². The Balaban J connectivity index is 1.88. The number of benzene rings is 4. The Morgan fingerprint density at radius 3 is 2.10 bits per heavy atom. The summed E-state index contributed by atoms with van der Waals surface area (Å²) < 4.78 is 12.0. The number of hydrogen-bond acceptors (Lipinski definition) is 4. The van der Waals surface area contributed by atoms with Crippen molar-refractivity contribution in [3.8, 4) is 17.2 Å². The summed E-state index contributed by atoms with van der Waals surface area (Å²) >= 11 is 1.52. The molecular weight excluding hydrogens is 392 g/mol. The van der Waals surface area contributed by atoms with E-state index in [1.54, 1.807) is 6.92 Å². The fourth-order valence-electron chi connectivity index (χ4n) is 2.97. The van der Waals surface area contributed by atoms with E-state index < -0.39 is 5.97 Å². The highest BCUT2D eigenvalue weighted by Gasteiger charge is 2.19. The van der Waals surface area contributed by atoms with Gasteiger partial charge < -0.3 is 9.47 Å². The largest absolute Gasteiger partial charge is 0.457 e. The molecule has 4 rings (SSSR count). The summed E-state index contributed by atoms with van der Waals surface area (Å²) in [5.41, 5.74) is 0.347. The van der Waals surface area contributed by atoms with E-state index in [1.165, 1.54) is 11.8 Å². The first kappa shape index (κ1) is 19.8. The number of rotatable bonds is 6. The zero-order chi connectivity index (χ0) is 20.9. The van der Waals surface area contributed by atoms with Crippen LogP contribution in [0.25, 0.3) is 10.8 Å². The van der Waals surface area contributed by atoms with E-state index in [-0.39, 0.29) is 0 Å². The zero-order valence-electron chi connectivity index (χ0n) is 16.5. The molecular formula is C26H20O3S. The number of carbonyl (C=O) groups excluding carboxylic acids is 1. The molecule has 0 aliphatic rings. The van der Waals surface area contributed by atoms with Gasteiger partial charge >= 0.3 is 5.97 Å². The van der Waals surface area contributed by atoms with Gasteiger partial charge in [0.2, 0.25) is 0 Å². The molecule has 30 heavy (non-hydrogen) atoms. The van der Waals surface area contributed by atoms with Crippen LogP contribution in [0.5, 0.6) is 17.2 Å². The van der Waals surface area contributed by atoms with Gasteiger partial charge in [0.25, 0.3) is 0 Å². The lowest BCUT2D eigenvalue weighted by Gasteiger charge is -2.17. The summed E-state index contributed by atoms with van der Waals surface area (Å²) in [6.45, 7) is 5.35. The molecule has 3 nitrogen and oxygen atoms in total. The van der Waals surface area contributed by atoms with E-state index in [2.05, 4.69) is 6.58 Å². The lowest BCUT2D eigenvalue weighted by atomic mass is 10.1. The molecule has 0 heterocycles. The van der Waals surface area contributed by atoms with Crippen molar-refractivity contribution < 1.29 is 14.3 Å². The highest BCUT2D eigenvalue weighted by atomic mass is 32.2. The minimum absolute atomic E-state index is 0.347. The Morgan fingerprint density at radius 1 is 0.833 bits per heavy atom. The molecule has 0 N–H and O–H groups in total. The van der Waals surface area contributed by atoms with Crippen molar-refractivity contribution in [1.29, 1.82) is 0 Å². The topological polar surface area (TPSA) is 35.5 Å². The first-order valence-corrected chi connectivity index (χ1v) is 10.3. The summed E-state index contributed by atoms with van der Waals surface area (Å²) in [4.78, 5) is 14.2. The minimum Gasteiger partial charge on any atom is -0.457 e. The standard InChI is InChI=1S/C26H20O3S/c1-18(2)26(27)29-25-22-16-10-9-15-21(22)23(28-19-11-5-3-6-12-19)17-24(25)30-20-13-7-4-8-14-20/h3-17H,1H2,2H3. The molecule has 0 amide bonds. The normalized spacial score (nSPS) is 10.6. The van der Waals surface area contributed by atoms with Crippen LogP contribution in [0.3, 0.4) is 0 Å². The van der Waals surface area contributed by atoms with Gasteiger partial charge in [-0.05, 0) is 37.3 Å². The molecule has 0 atom stereocenters. The van der Waals surface area contributed by atoms with Crippen LogP contribution in [-0.2, 0) is 4.79 Å². The number of fused-ring (bicyclic) bond motifs is 1. The van der Waals surface area contributed by atoms with Crippen LogP contribution < -0.4 is 9.47 Å². The average Bonchev–Trinajstić information content (AvgIpc) is 2.77. The maximum atomic E-state index is 12.4. The molecule has 4 aromatic rings. The second-order valence-electron chi connectivity index (χ2n) is 6.75. The zero-order valence-corrected chi connectivity index (χ0v) is 17.3. The Hall–Kier alpha value is -3.50. The van der Waals surface area contributed by atoms with Gasteiger partial charge in [-0.3, -0.25) is 0 Å². The number of carbonyl (C=O) groups is 1. The predicted octanol–water partition coefficient (Wildman–Crippen LogP) is 7.26. The first-order valence-electron chi connectivity index (χ1n) is 9.51. The van der Waals surface area contributed by atoms with Crippen molar-refractivity contribution in [2.45, 2.75) is 16.7 Å². The lowest BCUT2D eigenvalue weighted by molar-refractivity contribution is -0.130. The number of esters is 1. The molecule has 148 valence electrons. The molecule has 0 fully saturated rings. The van der Waals surface area contributed by atoms with E-state index in [4.69, 9.17) is 9.47 Å². The molecule has 4 heteroatoms. The predicted molar refractivity (Wildman–Crippen MR) is 121 cm³/mol. The maximum Gasteiger partial charge on any atom is 0.338 e. The first-order chi connectivity index (χ1) is 14.6. The molecule has 0 bridgehead atoms. The number of hydrogen-bond donors (Lipinski definition) is 0. The van der Waals surface area contributed by atoms with Crippen molar-refractivity contribution in [1.82, 2.24) is 0 Å². The molecule has 0 spiro atoms. The fourth-order valence-corrected chi connectivity index (χ4v) is 3.92. The van der Waals surface area contributed by atoms with Gasteiger partial charge in [-0.2, -0.15) is 0 Å². The maximum absolute atomic E-state index is 12.4. The molecule has 0 aliphatic carbocycles. The van der Waals surface area contributed by atoms with E-state index >= 15 is 0 Å². The van der Waals surface area contributed by atoms with Gasteiger partial charge in [0.15, 0.2) is 5.75 Å². The van der Waals surface area contributed by atoms with Crippen LogP contribution in [0, 0.1) is 0 Å². The summed E-state index contributed by atoms with van der Waals surface area (Å²) in [5, 5.41) is 1.67. The Kier molecular flexibility index (Phi) is 5.87. The van der Waals surface area contributed by atoms with Gasteiger partial charge in [0.05, 0.1) is 4.90 Å². The Bertz CT molecular complexity index is 1200. The van der Waals surface area contributed by atoms with Crippen molar-refractivity contribution in [2.75, 3.05) is 0 Å². The summed E-state index contributed by atoms with van der Waals surface area (Å²) in [7, 11) is 0. The highest BCUT2D eigenvalue weighted by Crippen LogP contribution is 2.45. The molecule has 0 aliphatic heterocycles. The molecule has 4 aromatic carbocycles. The molecule has 0 unspecified atom stereocenters. The van der Waals surface area contributed by atoms with Crippen LogP contribution in [0.15, 0.2) is 113 Å². The van der Waals surface area contributed by atoms with Gasteiger partial charge in [-0.1, -0.05) is 79.0 Å². The van der Waals surface area contributed by atoms with Gasteiger partial charge in [-0.25, -0.2) is 4.79 Å². The van der Waals surface area contributed by atoms with Gasteiger partial charge in [0.1, 0.15) is 11.5 Å². The monoisotopic (exact) mass is 412 g/mol. The summed E-state index contributed by atoms with van der Waals surface area (Å²) in [5.74, 6) is 1.50. The van der Waals surface area contributed by atoms with Crippen molar-refractivity contribution in [2.24, 2.45) is 0 Å². The summed E-state index contributed by atoms with van der Waals surface area (Å²) in [6.07, 6.45) is 0. The highest BCUT2D eigenvalue weighted by molar-refractivity contribution is 7.99. The Labute approximate surface area is 180 Å². The SMILES string of the molecule is C=C(C)C(=O)Oc1c(Sc2ccccc2)cc(Oc2ccccc2)c2ccccc12. The average molecular weight is 413 g/mol. The van der Waals surface area contributed by atoms with Crippen molar-refractivity contribution >= 4 is 28.5 Å². The number of para-hydroxylation sites is 1. The second-order valence-corrected chi connectivity index (χ2v) is 7.86. The smallest absolute Gasteiger partial charge is 0.338 e.